The van der Waals surface area contributed by atoms with Crippen LogP contribution in [0.2, 0.25) is 0 Å². The van der Waals surface area contributed by atoms with Crippen molar-refractivity contribution < 1.29 is 27.4 Å². The summed E-state index contributed by atoms with van der Waals surface area (Å²) in [6.45, 7) is 0.741. The molecule has 0 fully saturated rings. The molecule has 0 saturated carbocycles. The number of hydrogen-bond acceptors (Lipinski definition) is 4. The van der Waals surface area contributed by atoms with Crippen LogP contribution in [0.25, 0.3) is 0 Å². The molecule has 0 unspecified atom stereocenters. The maximum absolute atomic E-state index is 11.5. The van der Waals surface area contributed by atoms with E-state index >= 15 is 0 Å². The second kappa shape index (κ2) is 9.20. The predicted octanol–water partition coefficient (Wildman–Crippen LogP) is 0.265. The Labute approximate surface area is 97.6 Å². The standard InChI is InChI=1S/C9H17F3N2O3/c1-16-6-5-14-8(15)2-3-13-4-7-17-9(10,11)12/h13H,2-7H2,1H3,(H,14,15). The van der Waals surface area contributed by atoms with Crippen LogP contribution in [0, 0.1) is 0 Å². The Morgan fingerprint density at radius 3 is 2.47 bits per heavy atom. The number of methoxy groups -OCH3 is 1. The second-order valence-corrected chi connectivity index (χ2v) is 3.14. The molecular formula is C9H17F3N2O3. The Balaban J connectivity index is 3.25. The van der Waals surface area contributed by atoms with Gasteiger partial charge in [0.05, 0.1) is 13.2 Å². The third-order valence-electron chi connectivity index (χ3n) is 1.70. The SMILES string of the molecule is COCCNC(=O)CCNCCOC(F)(F)F. The van der Waals surface area contributed by atoms with Crippen molar-refractivity contribution in [2.24, 2.45) is 0 Å². The van der Waals surface area contributed by atoms with Crippen molar-refractivity contribution >= 4 is 5.91 Å². The molecule has 5 nitrogen and oxygen atoms in total. The highest BCUT2D eigenvalue weighted by atomic mass is 19.4. The Bertz CT molecular complexity index is 212. The molecule has 0 aromatic carbocycles. The highest BCUT2D eigenvalue weighted by Gasteiger charge is 2.28. The Kier molecular flexibility index (Phi) is 8.73. The van der Waals surface area contributed by atoms with E-state index in [1.54, 1.807) is 0 Å². The Hall–Kier alpha value is -0.860. The van der Waals surface area contributed by atoms with Crippen LogP contribution in [0.3, 0.4) is 0 Å². The van der Waals surface area contributed by atoms with Gasteiger partial charge >= 0.3 is 6.36 Å². The van der Waals surface area contributed by atoms with E-state index in [9.17, 15) is 18.0 Å². The van der Waals surface area contributed by atoms with Gasteiger partial charge in [-0.25, -0.2) is 0 Å². The van der Waals surface area contributed by atoms with Crippen LogP contribution in [-0.4, -0.2) is 52.2 Å². The van der Waals surface area contributed by atoms with Gasteiger partial charge in [-0.15, -0.1) is 13.2 Å². The molecule has 0 radical (unpaired) electrons. The molecule has 0 aromatic heterocycles. The summed E-state index contributed by atoms with van der Waals surface area (Å²) >= 11 is 0. The summed E-state index contributed by atoms with van der Waals surface area (Å²) < 4.78 is 42.9. The van der Waals surface area contributed by atoms with Crippen molar-refractivity contribution in [2.75, 3.05) is 40.0 Å². The molecule has 102 valence electrons. The zero-order chi connectivity index (χ0) is 13.1. The van der Waals surface area contributed by atoms with E-state index in [2.05, 4.69) is 15.4 Å². The van der Waals surface area contributed by atoms with E-state index in [4.69, 9.17) is 4.74 Å². The lowest BCUT2D eigenvalue weighted by Gasteiger charge is -2.08. The number of amides is 1. The molecule has 0 aliphatic carbocycles. The zero-order valence-corrected chi connectivity index (χ0v) is 9.60. The van der Waals surface area contributed by atoms with Crippen LogP contribution in [0.5, 0.6) is 0 Å². The van der Waals surface area contributed by atoms with Crippen LogP contribution < -0.4 is 10.6 Å². The summed E-state index contributed by atoms with van der Waals surface area (Å²) in [5, 5.41) is 5.25. The number of alkyl halides is 3. The minimum absolute atomic E-state index is 0.0465. The van der Waals surface area contributed by atoms with Gasteiger partial charge in [-0.2, -0.15) is 0 Å². The average molecular weight is 258 g/mol. The molecule has 1 amide bonds. The first kappa shape index (κ1) is 16.1. The maximum Gasteiger partial charge on any atom is 0.522 e. The van der Waals surface area contributed by atoms with Gasteiger partial charge in [0.25, 0.3) is 0 Å². The first-order valence-corrected chi connectivity index (χ1v) is 5.13. The number of nitrogens with one attached hydrogen (secondary N) is 2. The third-order valence-corrected chi connectivity index (χ3v) is 1.70. The number of carbonyl (C=O) groups excluding carboxylic acids is 1. The topological polar surface area (TPSA) is 59.6 Å². The number of ether oxygens (including phenoxy) is 2. The van der Waals surface area contributed by atoms with E-state index in [-0.39, 0.29) is 18.9 Å². The van der Waals surface area contributed by atoms with Gasteiger partial charge in [0.15, 0.2) is 0 Å². The number of rotatable bonds is 9. The molecule has 0 aliphatic heterocycles. The molecule has 2 N–H and O–H groups in total. The summed E-state index contributed by atoms with van der Waals surface area (Å²) in [5.74, 6) is -0.175. The quantitative estimate of drug-likeness (QED) is 0.583. The molecule has 0 saturated heterocycles. The largest absolute Gasteiger partial charge is 0.522 e. The lowest BCUT2D eigenvalue weighted by atomic mass is 10.4. The van der Waals surface area contributed by atoms with Crippen LogP contribution in [-0.2, 0) is 14.3 Å². The van der Waals surface area contributed by atoms with E-state index in [0.717, 1.165) is 0 Å². The molecule has 0 heterocycles. The molecule has 8 heteroatoms. The van der Waals surface area contributed by atoms with Crippen molar-refractivity contribution in [1.29, 1.82) is 0 Å². The van der Waals surface area contributed by atoms with Gasteiger partial charge in [-0.05, 0) is 0 Å². The van der Waals surface area contributed by atoms with Crippen LogP contribution in [0.15, 0.2) is 0 Å². The average Bonchev–Trinajstić information content (AvgIpc) is 2.22. The molecule has 0 aliphatic rings. The highest BCUT2D eigenvalue weighted by Crippen LogP contribution is 2.14. The maximum atomic E-state index is 11.5. The summed E-state index contributed by atoms with van der Waals surface area (Å²) in [7, 11) is 1.52. The highest BCUT2D eigenvalue weighted by molar-refractivity contribution is 5.75. The Morgan fingerprint density at radius 1 is 1.18 bits per heavy atom. The van der Waals surface area contributed by atoms with Crippen LogP contribution in [0.4, 0.5) is 13.2 Å². The van der Waals surface area contributed by atoms with E-state index < -0.39 is 13.0 Å². The van der Waals surface area contributed by atoms with Crippen molar-refractivity contribution in [3.8, 4) is 0 Å². The lowest BCUT2D eigenvalue weighted by molar-refractivity contribution is -0.323. The number of carbonyl (C=O) groups is 1. The van der Waals surface area contributed by atoms with Gasteiger partial charge < -0.3 is 15.4 Å². The van der Waals surface area contributed by atoms with Gasteiger partial charge in [0, 0.05) is 33.2 Å². The van der Waals surface area contributed by atoms with E-state index in [1.165, 1.54) is 7.11 Å². The summed E-state index contributed by atoms with van der Waals surface area (Å²) in [4.78, 5) is 11.1. The van der Waals surface area contributed by atoms with E-state index in [1.807, 2.05) is 0 Å². The predicted molar refractivity (Wildman–Crippen MR) is 54.4 cm³/mol. The van der Waals surface area contributed by atoms with Gasteiger partial charge in [0.2, 0.25) is 5.91 Å². The molecule has 0 bridgehead atoms. The fraction of sp³-hybridized carbons (Fsp3) is 0.889. The zero-order valence-electron chi connectivity index (χ0n) is 9.60. The van der Waals surface area contributed by atoms with E-state index in [0.29, 0.717) is 19.7 Å². The fourth-order valence-electron chi connectivity index (χ4n) is 0.947. The molecular weight excluding hydrogens is 241 g/mol. The van der Waals surface area contributed by atoms with Crippen LogP contribution in [0.1, 0.15) is 6.42 Å². The smallest absolute Gasteiger partial charge is 0.383 e. The number of halogens is 3. The van der Waals surface area contributed by atoms with Gasteiger partial charge in [0.1, 0.15) is 0 Å². The number of hydrogen-bond donors (Lipinski definition) is 2. The molecule has 0 rings (SSSR count). The molecule has 0 atom stereocenters. The summed E-state index contributed by atoms with van der Waals surface area (Å²) in [6.07, 6.45) is -4.39. The summed E-state index contributed by atoms with van der Waals surface area (Å²) in [5.41, 5.74) is 0. The molecule has 17 heavy (non-hydrogen) atoms. The van der Waals surface area contributed by atoms with Gasteiger partial charge in [-0.3, -0.25) is 9.53 Å². The third kappa shape index (κ3) is 13.1. The van der Waals surface area contributed by atoms with Crippen molar-refractivity contribution in [3.63, 3.8) is 0 Å². The van der Waals surface area contributed by atoms with Crippen molar-refractivity contribution in [2.45, 2.75) is 12.8 Å². The van der Waals surface area contributed by atoms with Crippen molar-refractivity contribution in [1.82, 2.24) is 10.6 Å². The minimum atomic E-state index is -4.60. The fourth-order valence-corrected chi connectivity index (χ4v) is 0.947. The summed E-state index contributed by atoms with van der Waals surface area (Å²) in [6, 6.07) is 0. The second-order valence-electron chi connectivity index (χ2n) is 3.14. The normalized spacial score (nSPS) is 11.5. The Morgan fingerprint density at radius 2 is 1.88 bits per heavy atom. The van der Waals surface area contributed by atoms with Gasteiger partial charge in [-0.1, -0.05) is 0 Å². The van der Waals surface area contributed by atoms with Crippen LogP contribution >= 0.6 is 0 Å². The molecule has 0 aromatic rings. The minimum Gasteiger partial charge on any atom is -0.383 e. The lowest BCUT2D eigenvalue weighted by Crippen LogP contribution is -2.31. The first-order chi connectivity index (χ1) is 7.95. The first-order valence-electron chi connectivity index (χ1n) is 5.13. The molecule has 0 spiro atoms. The van der Waals surface area contributed by atoms with Crippen molar-refractivity contribution in [3.05, 3.63) is 0 Å². The monoisotopic (exact) mass is 258 g/mol.